The Balaban J connectivity index is 1.18. The number of hydrogen-bond acceptors (Lipinski definition) is 4. The molecule has 0 atom stereocenters. The molecule has 0 aliphatic heterocycles. The van der Waals surface area contributed by atoms with Gasteiger partial charge >= 0.3 is 0 Å². The van der Waals surface area contributed by atoms with Crippen molar-refractivity contribution in [3.63, 3.8) is 0 Å². The zero-order chi connectivity index (χ0) is 23.1. The predicted octanol–water partition coefficient (Wildman–Crippen LogP) is 6.22. The number of thioether (sulfide) groups is 1. The van der Waals surface area contributed by atoms with Crippen molar-refractivity contribution in [2.24, 2.45) is 23.2 Å². The fourth-order valence-corrected chi connectivity index (χ4v) is 8.89. The Morgan fingerprint density at radius 2 is 1.76 bits per heavy atom. The van der Waals surface area contributed by atoms with Crippen molar-refractivity contribution in [1.82, 2.24) is 20.1 Å². The summed E-state index contributed by atoms with van der Waals surface area (Å²) in [6, 6.07) is 9.16. The van der Waals surface area contributed by atoms with Crippen LogP contribution < -0.4 is 5.32 Å². The number of hydrogen-bond donors (Lipinski definition) is 1. The maximum absolute atomic E-state index is 13.5. The lowest BCUT2D eigenvalue weighted by molar-refractivity contribution is -0.146. The number of rotatable bonds is 7. The van der Waals surface area contributed by atoms with E-state index in [4.69, 9.17) is 0 Å². The van der Waals surface area contributed by atoms with Crippen LogP contribution >= 0.6 is 11.8 Å². The summed E-state index contributed by atoms with van der Waals surface area (Å²) in [7, 11) is 0. The van der Waals surface area contributed by atoms with Crippen LogP contribution in [0.5, 0.6) is 0 Å². The molecular formula is C28H38N4OS. The number of amides is 1. The molecule has 5 saturated carbocycles. The highest BCUT2D eigenvalue weighted by Gasteiger charge is 2.54. The van der Waals surface area contributed by atoms with E-state index < -0.39 is 0 Å². The molecule has 34 heavy (non-hydrogen) atoms. The second-order valence-electron chi connectivity index (χ2n) is 11.7. The lowest BCUT2D eigenvalue weighted by Crippen LogP contribution is -2.53. The van der Waals surface area contributed by atoms with Gasteiger partial charge in [0.15, 0.2) is 11.0 Å². The molecule has 182 valence electrons. The Hall–Kier alpha value is -1.82. The maximum atomic E-state index is 13.5. The van der Waals surface area contributed by atoms with Crippen LogP contribution in [0.3, 0.4) is 0 Å². The molecule has 1 aromatic heterocycles. The SMILES string of the molecule is Cc1cccc(CSc2nnc(CNC(=O)C34CC5CC(CC(C5)C3)C4)n2C2CCCCC2)c1. The van der Waals surface area contributed by atoms with Crippen molar-refractivity contribution in [3.8, 4) is 0 Å². The third-order valence-corrected chi connectivity index (χ3v) is 10.1. The van der Waals surface area contributed by atoms with Crippen LogP contribution in [0.1, 0.15) is 93.6 Å². The van der Waals surface area contributed by atoms with Gasteiger partial charge in [0.05, 0.1) is 6.54 Å². The van der Waals surface area contributed by atoms with Gasteiger partial charge in [-0.25, -0.2) is 0 Å². The van der Waals surface area contributed by atoms with E-state index in [1.807, 2.05) is 0 Å². The van der Waals surface area contributed by atoms with Crippen LogP contribution in [-0.4, -0.2) is 20.7 Å². The summed E-state index contributed by atoms with van der Waals surface area (Å²) in [6.07, 6.45) is 13.7. The third kappa shape index (κ3) is 4.43. The normalized spacial score (nSPS) is 30.6. The topological polar surface area (TPSA) is 59.8 Å². The summed E-state index contributed by atoms with van der Waals surface area (Å²) in [5.74, 6) is 4.48. The van der Waals surface area contributed by atoms with Gasteiger partial charge in [-0.05, 0) is 81.6 Å². The molecule has 1 amide bonds. The van der Waals surface area contributed by atoms with Gasteiger partial charge in [0.25, 0.3) is 0 Å². The fourth-order valence-electron chi connectivity index (χ4n) is 7.92. The number of carbonyl (C=O) groups is 1. The number of nitrogens with zero attached hydrogens (tertiary/aromatic N) is 3. The van der Waals surface area contributed by atoms with E-state index in [0.717, 1.165) is 53.7 Å². The molecule has 2 aromatic rings. The van der Waals surface area contributed by atoms with Gasteiger partial charge in [0.2, 0.25) is 5.91 Å². The van der Waals surface area contributed by atoms with Crippen LogP contribution in [0.4, 0.5) is 0 Å². The van der Waals surface area contributed by atoms with Crippen LogP contribution in [0, 0.1) is 30.1 Å². The summed E-state index contributed by atoms with van der Waals surface area (Å²) in [5, 5.41) is 13.6. The molecular weight excluding hydrogens is 440 g/mol. The molecule has 0 unspecified atom stereocenters. The lowest BCUT2D eigenvalue weighted by Gasteiger charge is -2.55. The van der Waals surface area contributed by atoms with Crippen molar-refractivity contribution in [3.05, 3.63) is 41.2 Å². The average Bonchev–Trinajstić information content (AvgIpc) is 3.24. The van der Waals surface area contributed by atoms with Gasteiger partial charge in [0, 0.05) is 17.2 Å². The minimum absolute atomic E-state index is 0.104. The second-order valence-corrected chi connectivity index (χ2v) is 12.7. The standard InChI is InChI=1S/C28H38N4OS/c1-19-6-5-7-20(10-19)18-34-27-31-30-25(32(27)24-8-3-2-4-9-24)17-29-26(33)28-14-21-11-22(15-28)13-23(12-21)16-28/h5-7,10,21-24H,2-4,8-9,11-18H2,1H3,(H,29,33). The number of benzene rings is 1. The van der Waals surface area contributed by atoms with Crippen LogP contribution in [-0.2, 0) is 17.1 Å². The number of nitrogens with one attached hydrogen (secondary N) is 1. The first-order valence-corrected chi connectivity index (χ1v) is 14.5. The van der Waals surface area contributed by atoms with Crippen molar-refractivity contribution in [2.45, 2.75) is 101 Å². The highest BCUT2D eigenvalue weighted by molar-refractivity contribution is 7.98. The predicted molar refractivity (Wildman–Crippen MR) is 135 cm³/mol. The number of aromatic nitrogens is 3. The zero-order valence-electron chi connectivity index (χ0n) is 20.5. The number of carbonyl (C=O) groups excluding carboxylic acids is 1. The lowest BCUT2D eigenvalue weighted by atomic mass is 9.49. The maximum Gasteiger partial charge on any atom is 0.226 e. The summed E-state index contributed by atoms with van der Waals surface area (Å²) in [6.45, 7) is 2.65. The van der Waals surface area contributed by atoms with E-state index in [9.17, 15) is 4.79 Å². The Kier molecular flexibility index (Phi) is 6.21. The van der Waals surface area contributed by atoms with E-state index in [1.54, 1.807) is 11.8 Å². The third-order valence-electron chi connectivity index (χ3n) is 9.05. The average molecular weight is 479 g/mol. The number of aryl methyl sites for hydroxylation is 1. The van der Waals surface area contributed by atoms with Gasteiger partial charge in [-0.3, -0.25) is 4.79 Å². The molecule has 0 radical (unpaired) electrons. The first kappa shape index (κ1) is 22.6. The first-order valence-electron chi connectivity index (χ1n) is 13.5. The summed E-state index contributed by atoms with van der Waals surface area (Å²) in [4.78, 5) is 13.5. The van der Waals surface area contributed by atoms with Gasteiger partial charge < -0.3 is 9.88 Å². The summed E-state index contributed by atoms with van der Waals surface area (Å²) >= 11 is 1.78. The Labute approximate surface area is 207 Å². The Bertz CT molecular complexity index is 1010. The van der Waals surface area contributed by atoms with E-state index in [-0.39, 0.29) is 5.41 Å². The molecule has 5 aliphatic rings. The van der Waals surface area contributed by atoms with E-state index in [0.29, 0.717) is 18.5 Å². The molecule has 1 aromatic carbocycles. The van der Waals surface area contributed by atoms with E-state index in [2.05, 4.69) is 51.3 Å². The van der Waals surface area contributed by atoms with Crippen molar-refractivity contribution in [1.29, 1.82) is 0 Å². The molecule has 6 heteroatoms. The van der Waals surface area contributed by atoms with Gasteiger partial charge in [-0.1, -0.05) is 60.9 Å². The Morgan fingerprint density at radius 3 is 2.44 bits per heavy atom. The van der Waals surface area contributed by atoms with Crippen LogP contribution in [0.25, 0.3) is 0 Å². The molecule has 5 aliphatic carbocycles. The highest BCUT2D eigenvalue weighted by Crippen LogP contribution is 2.60. The minimum Gasteiger partial charge on any atom is -0.348 e. The zero-order valence-corrected chi connectivity index (χ0v) is 21.3. The molecule has 1 heterocycles. The van der Waals surface area contributed by atoms with Crippen LogP contribution in [0.2, 0.25) is 0 Å². The van der Waals surface area contributed by atoms with Crippen molar-refractivity contribution in [2.75, 3.05) is 0 Å². The second kappa shape index (κ2) is 9.33. The van der Waals surface area contributed by atoms with Gasteiger partial charge in [-0.2, -0.15) is 0 Å². The van der Waals surface area contributed by atoms with Crippen LogP contribution in [0.15, 0.2) is 29.4 Å². The van der Waals surface area contributed by atoms with Gasteiger partial charge in [-0.15, -0.1) is 10.2 Å². The molecule has 5 nitrogen and oxygen atoms in total. The molecule has 5 fully saturated rings. The van der Waals surface area contributed by atoms with Crippen molar-refractivity contribution < 1.29 is 4.79 Å². The molecule has 0 spiro atoms. The molecule has 1 N–H and O–H groups in total. The van der Waals surface area contributed by atoms with E-state index >= 15 is 0 Å². The van der Waals surface area contributed by atoms with Gasteiger partial charge in [0.1, 0.15) is 0 Å². The molecule has 7 rings (SSSR count). The van der Waals surface area contributed by atoms with E-state index in [1.165, 1.54) is 62.5 Å². The minimum atomic E-state index is -0.104. The monoisotopic (exact) mass is 478 g/mol. The first-order chi connectivity index (χ1) is 16.6. The quantitative estimate of drug-likeness (QED) is 0.480. The summed E-state index contributed by atoms with van der Waals surface area (Å²) < 4.78 is 2.37. The Morgan fingerprint density at radius 1 is 1.06 bits per heavy atom. The molecule has 4 bridgehead atoms. The largest absolute Gasteiger partial charge is 0.348 e. The smallest absolute Gasteiger partial charge is 0.226 e. The highest BCUT2D eigenvalue weighted by atomic mass is 32.2. The van der Waals surface area contributed by atoms with Crippen molar-refractivity contribution >= 4 is 17.7 Å². The summed E-state index contributed by atoms with van der Waals surface area (Å²) in [5.41, 5.74) is 2.51. The molecule has 0 saturated heterocycles. The fraction of sp³-hybridized carbons (Fsp3) is 0.679.